The second-order valence-electron chi connectivity index (χ2n) is 9.77. The topological polar surface area (TPSA) is 4.93 Å². The zero-order valence-electron chi connectivity index (χ0n) is 19.7. The highest BCUT2D eigenvalue weighted by molar-refractivity contribution is 6.99. The van der Waals surface area contributed by atoms with E-state index in [4.69, 9.17) is 0 Å². The van der Waals surface area contributed by atoms with Crippen molar-refractivity contribution in [1.82, 2.24) is 4.57 Å². The van der Waals surface area contributed by atoms with Crippen molar-refractivity contribution >= 4 is 55.7 Å². The third-order valence-corrected chi connectivity index (χ3v) is 7.84. The number of para-hydroxylation sites is 2. The van der Waals surface area contributed by atoms with Gasteiger partial charge in [-0.15, -0.1) is 0 Å². The summed E-state index contributed by atoms with van der Waals surface area (Å²) in [6, 6.07) is 49.0. The van der Waals surface area contributed by atoms with Gasteiger partial charge in [-0.3, -0.25) is 0 Å². The first-order valence-electron chi connectivity index (χ1n) is 12.6. The highest BCUT2D eigenvalue weighted by atomic mass is 15.0. The average Bonchev–Trinajstić information content (AvgIpc) is 3.44. The Morgan fingerprint density at radius 3 is 2.03 bits per heavy atom. The number of rotatable bonds is 2. The summed E-state index contributed by atoms with van der Waals surface area (Å²) in [7, 11) is 0. The van der Waals surface area contributed by atoms with Crippen LogP contribution in [0.2, 0.25) is 0 Å². The van der Waals surface area contributed by atoms with E-state index in [2.05, 4.69) is 138 Å². The van der Waals surface area contributed by atoms with Gasteiger partial charge in [-0.25, -0.2) is 0 Å². The number of aromatic nitrogens is 1. The van der Waals surface area contributed by atoms with Gasteiger partial charge in [-0.1, -0.05) is 120 Å². The molecule has 36 heavy (non-hydrogen) atoms. The summed E-state index contributed by atoms with van der Waals surface area (Å²) >= 11 is 0. The number of fused-ring (bicyclic) bond motifs is 7. The van der Waals surface area contributed by atoms with E-state index in [-0.39, 0.29) is 6.71 Å². The molecule has 2 heterocycles. The summed E-state index contributed by atoms with van der Waals surface area (Å²) in [5.74, 6) is 0. The van der Waals surface area contributed by atoms with Gasteiger partial charge in [0.05, 0.1) is 11.0 Å². The van der Waals surface area contributed by atoms with E-state index in [0.717, 1.165) is 0 Å². The molecule has 0 aliphatic carbocycles. The van der Waals surface area contributed by atoms with Gasteiger partial charge in [0.1, 0.15) is 0 Å². The van der Waals surface area contributed by atoms with E-state index in [9.17, 15) is 0 Å². The number of hydrogen-bond acceptors (Lipinski definition) is 0. The minimum atomic E-state index is 0.226. The Morgan fingerprint density at radius 1 is 0.444 bits per heavy atom. The van der Waals surface area contributed by atoms with E-state index in [0.29, 0.717) is 0 Å². The Balaban J connectivity index is 1.41. The standard InChI is InChI=1S/C34H22BN/c1-2-12-26(13-3-1)36-33-17-9-7-15-28(33)30-22-25(18-19-34(30)36)35-31-16-8-6-14-27(31)29-20-23-10-4-5-11-24(23)21-32(29)35/h1-22H. The lowest BCUT2D eigenvalue weighted by molar-refractivity contribution is 1.18. The van der Waals surface area contributed by atoms with Gasteiger partial charge in [0, 0.05) is 16.5 Å². The molecule has 0 radical (unpaired) electrons. The molecule has 7 aromatic rings. The minimum absolute atomic E-state index is 0.226. The molecule has 2 heteroatoms. The van der Waals surface area contributed by atoms with E-state index in [1.54, 1.807) is 0 Å². The highest BCUT2D eigenvalue weighted by Crippen LogP contribution is 2.32. The first kappa shape index (κ1) is 19.7. The lowest BCUT2D eigenvalue weighted by Crippen LogP contribution is -2.48. The van der Waals surface area contributed by atoms with Crippen LogP contribution >= 0.6 is 0 Å². The summed E-state index contributed by atoms with van der Waals surface area (Å²) in [5, 5.41) is 5.20. The van der Waals surface area contributed by atoms with Gasteiger partial charge < -0.3 is 4.57 Å². The van der Waals surface area contributed by atoms with Gasteiger partial charge in [-0.05, 0) is 52.2 Å². The second kappa shape index (κ2) is 7.47. The fraction of sp³-hybridized carbons (Fsp3) is 0. The quantitative estimate of drug-likeness (QED) is 0.265. The Hall–Kier alpha value is -4.56. The molecule has 0 fully saturated rings. The molecule has 8 rings (SSSR count). The van der Waals surface area contributed by atoms with Crippen LogP contribution in [0.25, 0.3) is 49.4 Å². The van der Waals surface area contributed by atoms with Gasteiger partial charge in [0.25, 0.3) is 0 Å². The van der Waals surface area contributed by atoms with Crippen LogP contribution in [-0.4, -0.2) is 11.3 Å². The molecule has 1 aromatic heterocycles. The molecule has 0 N–H and O–H groups in total. The lowest BCUT2D eigenvalue weighted by atomic mass is 9.39. The first-order valence-corrected chi connectivity index (χ1v) is 12.6. The Labute approximate surface area is 210 Å². The Bertz CT molecular complexity index is 1950. The zero-order valence-corrected chi connectivity index (χ0v) is 19.7. The van der Waals surface area contributed by atoms with Gasteiger partial charge in [0.15, 0.2) is 0 Å². The second-order valence-corrected chi connectivity index (χ2v) is 9.77. The SMILES string of the molecule is c1ccc(-n2c3ccccc3c3cc(B4c5ccccc5-c5cc6ccccc6cc54)ccc32)cc1. The molecule has 6 aromatic carbocycles. The average molecular weight is 455 g/mol. The van der Waals surface area contributed by atoms with Crippen molar-refractivity contribution in [1.29, 1.82) is 0 Å². The predicted molar refractivity (Wildman–Crippen MR) is 155 cm³/mol. The smallest absolute Gasteiger partial charge is 0.242 e. The van der Waals surface area contributed by atoms with Crippen LogP contribution in [0.5, 0.6) is 0 Å². The molecule has 0 saturated carbocycles. The van der Waals surface area contributed by atoms with E-state index < -0.39 is 0 Å². The van der Waals surface area contributed by atoms with Gasteiger partial charge >= 0.3 is 0 Å². The third-order valence-electron chi connectivity index (χ3n) is 7.84. The van der Waals surface area contributed by atoms with Crippen molar-refractivity contribution in [3.63, 3.8) is 0 Å². The fourth-order valence-electron chi connectivity index (χ4n) is 6.28. The molecular formula is C34H22BN. The maximum atomic E-state index is 2.43. The summed E-state index contributed by atoms with van der Waals surface area (Å²) in [4.78, 5) is 0. The summed E-state index contributed by atoms with van der Waals surface area (Å²) in [6.07, 6.45) is 0. The summed E-state index contributed by atoms with van der Waals surface area (Å²) < 4.78 is 2.39. The maximum Gasteiger partial charge on any atom is 0.242 e. The van der Waals surface area contributed by atoms with Crippen LogP contribution in [0.15, 0.2) is 133 Å². The number of benzene rings is 6. The lowest BCUT2D eigenvalue weighted by Gasteiger charge is -2.13. The predicted octanol–water partition coefficient (Wildman–Crippen LogP) is 6.43. The van der Waals surface area contributed by atoms with Crippen molar-refractivity contribution in [2.45, 2.75) is 0 Å². The van der Waals surface area contributed by atoms with Gasteiger partial charge in [-0.2, -0.15) is 0 Å². The van der Waals surface area contributed by atoms with Crippen LogP contribution in [0.3, 0.4) is 0 Å². The molecule has 1 aliphatic heterocycles. The van der Waals surface area contributed by atoms with E-state index >= 15 is 0 Å². The molecule has 0 saturated heterocycles. The number of hydrogen-bond donors (Lipinski definition) is 0. The van der Waals surface area contributed by atoms with E-state index in [1.807, 2.05) is 0 Å². The summed E-state index contributed by atoms with van der Waals surface area (Å²) in [5.41, 5.74) is 10.6. The Morgan fingerprint density at radius 2 is 1.14 bits per heavy atom. The van der Waals surface area contributed by atoms with Crippen molar-refractivity contribution in [3.05, 3.63) is 133 Å². The molecule has 0 amide bonds. The van der Waals surface area contributed by atoms with Crippen LogP contribution < -0.4 is 16.4 Å². The molecule has 0 atom stereocenters. The van der Waals surface area contributed by atoms with Crippen LogP contribution in [0.4, 0.5) is 0 Å². The number of nitrogens with zero attached hydrogens (tertiary/aromatic N) is 1. The normalized spacial score (nSPS) is 12.4. The molecule has 1 aliphatic rings. The minimum Gasteiger partial charge on any atom is -0.309 e. The third kappa shape index (κ3) is 2.73. The maximum absolute atomic E-state index is 2.43. The molecule has 0 unspecified atom stereocenters. The van der Waals surface area contributed by atoms with Crippen molar-refractivity contribution in [2.75, 3.05) is 0 Å². The van der Waals surface area contributed by atoms with Crippen LogP contribution in [0, 0.1) is 0 Å². The van der Waals surface area contributed by atoms with Crippen LogP contribution in [-0.2, 0) is 0 Å². The molecule has 166 valence electrons. The van der Waals surface area contributed by atoms with Crippen molar-refractivity contribution in [3.8, 4) is 16.8 Å². The monoisotopic (exact) mass is 455 g/mol. The van der Waals surface area contributed by atoms with Gasteiger partial charge in [0.2, 0.25) is 6.71 Å². The first-order chi connectivity index (χ1) is 17.9. The molecule has 0 bridgehead atoms. The zero-order chi connectivity index (χ0) is 23.6. The van der Waals surface area contributed by atoms with Crippen molar-refractivity contribution < 1.29 is 0 Å². The molecule has 1 nitrogen and oxygen atoms in total. The van der Waals surface area contributed by atoms with E-state index in [1.165, 1.54) is 65.8 Å². The summed E-state index contributed by atoms with van der Waals surface area (Å²) in [6.45, 7) is 0.226. The fourth-order valence-corrected chi connectivity index (χ4v) is 6.28. The Kier molecular flexibility index (Phi) is 4.09. The largest absolute Gasteiger partial charge is 0.309 e. The molecule has 0 spiro atoms. The van der Waals surface area contributed by atoms with Crippen LogP contribution in [0.1, 0.15) is 0 Å². The molecular weight excluding hydrogens is 433 g/mol. The van der Waals surface area contributed by atoms with Crippen molar-refractivity contribution in [2.24, 2.45) is 0 Å². The highest BCUT2D eigenvalue weighted by Gasteiger charge is 2.33.